The number of likely N-dealkylation sites (N-methyl/N-ethyl adjacent to an activating group) is 1. The minimum atomic E-state index is 0.556. The maximum Gasteiger partial charge on any atom is 0.223 e. The summed E-state index contributed by atoms with van der Waals surface area (Å²) < 4.78 is 0. The van der Waals surface area contributed by atoms with E-state index in [-0.39, 0.29) is 0 Å². The largest absolute Gasteiger partial charge is 0.353 e. The molecule has 1 aromatic carbocycles. The highest BCUT2D eigenvalue weighted by atomic mass is 35.5. The van der Waals surface area contributed by atoms with E-state index in [9.17, 15) is 0 Å². The maximum absolute atomic E-state index is 6.13. The minimum Gasteiger partial charge on any atom is -0.353 e. The van der Waals surface area contributed by atoms with Crippen molar-refractivity contribution < 1.29 is 0 Å². The quantitative estimate of drug-likeness (QED) is 0.813. The number of halogens is 1. The van der Waals surface area contributed by atoms with Gasteiger partial charge in [0.25, 0.3) is 0 Å². The Kier molecular flexibility index (Phi) is 4.50. The molecular formula is C13H15ClN4. The Morgan fingerprint density at radius 1 is 1.17 bits per heavy atom. The molecule has 2 rings (SSSR count). The third-order valence-corrected chi connectivity index (χ3v) is 2.73. The van der Waals surface area contributed by atoms with Crippen LogP contribution in [0.4, 0.5) is 5.95 Å². The maximum atomic E-state index is 6.13. The summed E-state index contributed by atoms with van der Waals surface area (Å²) in [6.07, 6.45) is 1.62. The van der Waals surface area contributed by atoms with E-state index < -0.39 is 0 Å². The molecule has 0 saturated heterocycles. The van der Waals surface area contributed by atoms with Crippen LogP contribution in [0.3, 0.4) is 0 Å². The number of benzene rings is 1. The van der Waals surface area contributed by atoms with E-state index >= 15 is 0 Å². The van der Waals surface area contributed by atoms with E-state index in [0.717, 1.165) is 24.3 Å². The van der Waals surface area contributed by atoms with Gasteiger partial charge in [0, 0.05) is 18.7 Å². The van der Waals surface area contributed by atoms with Gasteiger partial charge in [-0.1, -0.05) is 41.9 Å². The number of rotatable bonds is 5. The molecule has 2 aromatic rings. The van der Waals surface area contributed by atoms with Gasteiger partial charge < -0.3 is 10.6 Å². The van der Waals surface area contributed by atoms with E-state index in [1.54, 1.807) is 6.20 Å². The first-order valence-electron chi connectivity index (χ1n) is 5.77. The summed E-state index contributed by atoms with van der Waals surface area (Å²) in [5.74, 6) is 0.591. The third kappa shape index (κ3) is 3.18. The highest BCUT2D eigenvalue weighted by molar-refractivity contribution is 6.32. The summed E-state index contributed by atoms with van der Waals surface area (Å²) in [5, 5.41) is 6.75. The zero-order valence-electron chi connectivity index (χ0n) is 10.2. The number of hydrogen-bond acceptors (Lipinski definition) is 4. The van der Waals surface area contributed by atoms with Gasteiger partial charge in [-0.2, -0.15) is 0 Å². The van der Waals surface area contributed by atoms with Crippen molar-refractivity contribution in [3.8, 4) is 11.3 Å². The van der Waals surface area contributed by atoms with Crippen LogP contribution < -0.4 is 10.6 Å². The molecule has 0 fully saturated rings. The van der Waals surface area contributed by atoms with Crippen molar-refractivity contribution in [3.05, 3.63) is 41.6 Å². The number of aromatic nitrogens is 2. The Bertz CT molecular complexity index is 502. The summed E-state index contributed by atoms with van der Waals surface area (Å²) in [5.41, 5.74) is 1.74. The highest BCUT2D eigenvalue weighted by Gasteiger charge is 2.07. The van der Waals surface area contributed by atoms with E-state index in [4.69, 9.17) is 11.6 Å². The van der Waals surface area contributed by atoms with Gasteiger partial charge in [0.15, 0.2) is 0 Å². The van der Waals surface area contributed by atoms with Gasteiger partial charge in [-0.15, -0.1) is 0 Å². The lowest BCUT2D eigenvalue weighted by molar-refractivity contribution is 0.818. The number of nitrogens with one attached hydrogen (secondary N) is 2. The normalized spacial score (nSPS) is 10.3. The summed E-state index contributed by atoms with van der Waals surface area (Å²) in [6, 6.07) is 9.84. The van der Waals surface area contributed by atoms with Gasteiger partial charge in [0.05, 0.1) is 16.9 Å². The van der Waals surface area contributed by atoms with Gasteiger partial charge in [0.2, 0.25) is 5.95 Å². The van der Waals surface area contributed by atoms with Gasteiger partial charge in [0.1, 0.15) is 0 Å². The van der Waals surface area contributed by atoms with Crippen molar-refractivity contribution in [1.29, 1.82) is 0 Å². The minimum absolute atomic E-state index is 0.556. The summed E-state index contributed by atoms with van der Waals surface area (Å²) in [4.78, 5) is 8.59. The van der Waals surface area contributed by atoms with E-state index in [0.29, 0.717) is 11.0 Å². The fourth-order valence-corrected chi connectivity index (χ4v) is 1.75. The molecular weight excluding hydrogens is 248 g/mol. The number of anilines is 1. The fourth-order valence-electron chi connectivity index (χ4n) is 1.55. The lowest BCUT2D eigenvalue weighted by atomic mass is 10.1. The van der Waals surface area contributed by atoms with Crippen LogP contribution in [-0.2, 0) is 0 Å². The van der Waals surface area contributed by atoms with Crippen LogP contribution in [0.25, 0.3) is 11.3 Å². The van der Waals surface area contributed by atoms with Gasteiger partial charge in [-0.25, -0.2) is 9.97 Å². The van der Waals surface area contributed by atoms with Crippen molar-refractivity contribution in [2.45, 2.75) is 0 Å². The number of hydrogen-bond donors (Lipinski definition) is 2. The van der Waals surface area contributed by atoms with Gasteiger partial charge in [-0.05, 0) is 7.05 Å². The van der Waals surface area contributed by atoms with Crippen LogP contribution in [0.5, 0.6) is 0 Å². The summed E-state index contributed by atoms with van der Waals surface area (Å²) >= 11 is 6.13. The Morgan fingerprint density at radius 3 is 2.67 bits per heavy atom. The number of nitrogens with zero attached hydrogens (tertiary/aromatic N) is 2. The average molecular weight is 263 g/mol. The second kappa shape index (κ2) is 6.33. The first-order valence-corrected chi connectivity index (χ1v) is 6.15. The smallest absolute Gasteiger partial charge is 0.223 e. The first kappa shape index (κ1) is 12.8. The Hall–Kier alpha value is -1.65. The molecule has 18 heavy (non-hydrogen) atoms. The van der Waals surface area contributed by atoms with Crippen molar-refractivity contribution in [2.24, 2.45) is 0 Å². The Labute approximate surface area is 111 Å². The molecule has 1 aromatic heterocycles. The third-order valence-electron chi connectivity index (χ3n) is 2.45. The SMILES string of the molecule is CNCCNc1ncc(Cl)c(-c2ccccc2)n1. The summed E-state index contributed by atoms with van der Waals surface area (Å²) in [7, 11) is 1.90. The predicted molar refractivity (Wildman–Crippen MR) is 74.9 cm³/mol. The zero-order valence-corrected chi connectivity index (χ0v) is 10.9. The topological polar surface area (TPSA) is 49.8 Å². The van der Waals surface area contributed by atoms with Crippen LogP contribution in [0.2, 0.25) is 5.02 Å². The highest BCUT2D eigenvalue weighted by Crippen LogP contribution is 2.25. The average Bonchev–Trinajstić information content (AvgIpc) is 2.42. The fraction of sp³-hybridized carbons (Fsp3) is 0.231. The molecule has 0 aliphatic carbocycles. The first-order chi connectivity index (χ1) is 8.81. The van der Waals surface area contributed by atoms with Gasteiger partial charge >= 0.3 is 0 Å². The molecule has 94 valence electrons. The zero-order chi connectivity index (χ0) is 12.8. The van der Waals surface area contributed by atoms with E-state index in [2.05, 4.69) is 20.6 Å². The monoisotopic (exact) mass is 262 g/mol. The molecule has 4 nitrogen and oxygen atoms in total. The second-order valence-corrected chi connectivity index (χ2v) is 4.19. The summed E-state index contributed by atoms with van der Waals surface area (Å²) in [6.45, 7) is 1.62. The van der Waals surface area contributed by atoms with E-state index in [1.807, 2.05) is 37.4 Å². The molecule has 5 heteroatoms. The van der Waals surface area contributed by atoms with Gasteiger partial charge in [-0.3, -0.25) is 0 Å². The van der Waals surface area contributed by atoms with Crippen LogP contribution >= 0.6 is 11.6 Å². The Balaban J connectivity index is 2.22. The molecule has 0 radical (unpaired) electrons. The van der Waals surface area contributed by atoms with Crippen molar-refractivity contribution in [2.75, 3.05) is 25.5 Å². The van der Waals surface area contributed by atoms with Crippen LogP contribution in [0, 0.1) is 0 Å². The van der Waals surface area contributed by atoms with E-state index in [1.165, 1.54) is 0 Å². The molecule has 0 aliphatic heterocycles. The predicted octanol–water partition coefficient (Wildman–Crippen LogP) is 2.43. The second-order valence-electron chi connectivity index (χ2n) is 3.79. The lowest BCUT2D eigenvalue weighted by Gasteiger charge is -2.07. The van der Waals surface area contributed by atoms with Crippen molar-refractivity contribution in [1.82, 2.24) is 15.3 Å². The molecule has 0 unspecified atom stereocenters. The van der Waals surface area contributed by atoms with Crippen LogP contribution in [0.15, 0.2) is 36.5 Å². The van der Waals surface area contributed by atoms with Crippen molar-refractivity contribution >= 4 is 17.5 Å². The Morgan fingerprint density at radius 2 is 1.94 bits per heavy atom. The molecule has 0 bridgehead atoms. The van der Waals surface area contributed by atoms with Crippen molar-refractivity contribution in [3.63, 3.8) is 0 Å². The molecule has 0 aliphatic rings. The van der Waals surface area contributed by atoms with Crippen LogP contribution in [0.1, 0.15) is 0 Å². The standard InChI is InChI=1S/C13H15ClN4/c1-15-7-8-16-13-17-9-11(14)12(18-13)10-5-3-2-4-6-10/h2-6,9,15H,7-8H2,1H3,(H,16,17,18). The molecule has 1 heterocycles. The molecule has 2 N–H and O–H groups in total. The lowest BCUT2D eigenvalue weighted by Crippen LogP contribution is -2.18. The molecule has 0 spiro atoms. The van der Waals surface area contributed by atoms with Crippen LogP contribution in [-0.4, -0.2) is 30.1 Å². The molecule has 0 amide bonds. The molecule has 0 saturated carbocycles. The molecule has 0 atom stereocenters.